The summed E-state index contributed by atoms with van der Waals surface area (Å²) >= 11 is 0. The van der Waals surface area contributed by atoms with E-state index in [0.717, 1.165) is 12.1 Å². The maximum absolute atomic E-state index is 10.6. The highest BCUT2D eigenvalue weighted by Crippen LogP contribution is 2.64. The van der Waals surface area contributed by atoms with E-state index in [2.05, 4.69) is 31.3 Å². The second kappa shape index (κ2) is 2.97. The van der Waals surface area contributed by atoms with Crippen molar-refractivity contribution in [1.29, 1.82) is 0 Å². The van der Waals surface area contributed by atoms with Crippen molar-refractivity contribution in [3.8, 4) is 0 Å². The van der Waals surface area contributed by atoms with E-state index in [1.807, 2.05) is 0 Å². The predicted molar refractivity (Wildman–Crippen MR) is 59.4 cm³/mol. The summed E-state index contributed by atoms with van der Waals surface area (Å²) in [4.78, 5) is 10.6. The normalized spacial score (nSPS) is 39.7. The number of carbonyl (C=O) groups is 1. The number of urea groups is 1. The van der Waals surface area contributed by atoms with Gasteiger partial charge in [-0.25, -0.2) is 10.2 Å². The molecule has 15 heavy (non-hydrogen) atoms. The summed E-state index contributed by atoms with van der Waals surface area (Å²) < 4.78 is 0. The average molecular weight is 209 g/mol. The second-order valence-electron chi connectivity index (χ2n) is 5.63. The average Bonchev–Trinajstić information content (AvgIpc) is 2.45. The Morgan fingerprint density at radius 1 is 1.53 bits per heavy atom. The molecule has 2 unspecified atom stereocenters. The van der Waals surface area contributed by atoms with E-state index in [-0.39, 0.29) is 0 Å². The van der Waals surface area contributed by atoms with E-state index in [0.29, 0.717) is 16.7 Å². The van der Waals surface area contributed by atoms with Crippen LogP contribution in [0.15, 0.2) is 5.10 Å². The molecule has 0 radical (unpaired) electrons. The molecule has 0 aliphatic heterocycles. The molecule has 0 saturated heterocycles. The molecule has 2 fully saturated rings. The fourth-order valence-corrected chi connectivity index (χ4v) is 3.23. The van der Waals surface area contributed by atoms with Gasteiger partial charge in [0.2, 0.25) is 0 Å². The van der Waals surface area contributed by atoms with Crippen molar-refractivity contribution in [2.45, 2.75) is 40.0 Å². The summed E-state index contributed by atoms with van der Waals surface area (Å²) in [5, 5.41) is 4.14. The summed E-state index contributed by atoms with van der Waals surface area (Å²) in [7, 11) is 0. The van der Waals surface area contributed by atoms with Crippen LogP contribution in [-0.4, -0.2) is 11.7 Å². The van der Waals surface area contributed by atoms with Gasteiger partial charge in [0.1, 0.15) is 0 Å². The van der Waals surface area contributed by atoms with Crippen LogP contribution in [0, 0.1) is 16.7 Å². The van der Waals surface area contributed by atoms with E-state index in [1.165, 1.54) is 12.8 Å². The van der Waals surface area contributed by atoms with Gasteiger partial charge >= 0.3 is 6.03 Å². The van der Waals surface area contributed by atoms with E-state index in [9.17, 15) is 4.79 Å². The van der Waals surface area contributed by atoms with Crippen molar-refractivity contribution in [1.82, 2.24) is 5.43 Å². The zero-order chi connectivity index (χ0) is 11.3. The first-order valence-electron chi connectivity index (χ1n) is 5.49. The lowest BCUT2D eigenvalue weighted by molar-refractivity contribution is 0.152. The van der Waals surface area contributed by atoms with Crippen molar-refractivity contribution >= 4 is 11.7 Å². The molecule has 2 amide bonds. The van der Waals surface area contributed by atoms with E-state index < -0.39 is 6.03 Å². The van der Waals surface area contributed by atoms with Crippen LogP contribution < -0.4 is 11.2 Å². The minimum atomic E-state index is -0.576. The Kier molecular flexibility index (Phi) is 2.07. The first-order chi connectivity index (χ1) is 6.87. The van der Waals surface area contributed by atoms with Gasteiger partial charge < -0.3 is 5.73 Å². The molecular weight excluding hydrogens is 190 g/mol. The highest BCUT2D eigenvalue weighted by molar-refractivity contribution is 5.92. The van der Waals surface area contributed by atoms with Gasteiger partial charge in [-0.05, 0) is 30.1 Å². The van der Waals surface area contributed by atoms with Gasteiger partial charge in [-0.3, -0.25) is 0 Å². The fourth-order valence-electron chi connectivity index (χ4n) is 3.23. The first kappa shape index (κ1) is 10.5. The van der Waals surface area contributed by atoms with Crippen LogP contribution in [-0.2, 0) is 0 Å². The summed E-state index contributed by atoms with van der Waals surface area (Å²) in [6.45, 7) is 6.93. The van der Waals surface area contributed by atoms with Gasteiger partial charge in [-0.2, -0.15) is 5.10 Å². The summed E-state index contributed by atoms with van der Waals surface area (Å²) in [6, 6.07) is -0.576. The molecule has 2 saturated carbocycles. The van der Waals surface area contributed by atoms with E-state index in [4.69, 9.17) is 5.73 Å². The van der Waals surface area contributed by atoms with Crippen LogP contribution >= 0.6 is 0 Å². The Labute approximate surface area is 90.3 Å². The van der Waals surface area contributed by atoms with E-state index >= 15 is 0 Å². The molecule has 2 bridgehead atoms. The molecule has 2 aliphatic rings. The lowest BCUT2D eigenvalue weighted by Crippen LogP contribution is -2.28. The molecule has 0 aromatic heterocycles. The third kappa shape index (κ3) is 1.34. The van der Waals surface area contributed by atoms with E-state index in [1.54, 1.807) is 0 Å². The van der Waals surface area contributed by atoms with Crippen molar-refractivity contribution in [2.24, 2.45) is 27.6 Å². The number of nitrogens with zero attached hydrogens (tertiary/aromatic N) is 1. The molecule has 0 heterocycles. The molecule has 0 aromatic carbocycles. The van der Waals surface area contributed by atoms with Crippen LogP contribution in [0.4, 0.5) is 4.79 Å². The smallest absolute Gasteiger partial charge is 0.332 e. The number of hydrogen-bond donors (Lipinski definition) is 2. The maximum atomic E-state index is 10.6. The minimum absolute atomic E-state index is 0.297. The number of amides is 2. The third-order valence-corrected chi connectivity index (χ3v) is 4.69. The standard InChI is InChI=1S/C11H19N3O/c1-10(2)7-4-5-11(10,3)6-8(7)13-14-9(12)15/h7H,4-6H2,1-3H3,(H3,12,14,15)/b13-8-. The predicted octanol–water partition coefficient (Wildman–Crippen LogP) is 1.86. The lowest BCUT2D eigenvalue weighted by atomic mass is 9.71. The molecule has 2 rings (SSSR count). The fraction of sp³-hybridized carbons (Fsp3) is 0.818. The monoisotopic (exact) mass is 209 g/mol. The van der Waals surface area contributed by atoms with Gasteiger partial charge in [0.05, 0.1) is 0 Å². The maximum Gasteiger partial charge on any atom is 0.332 e. The van der Waals surface area contributed by atoms with Crippen LogP contribution in [0.25, 0.3) is 0 Å². The quantitative estimate of drug-likeness (QED) is 0.636. The third-order valence-electron chi connectivity index (χ3n) is 4.69. The second-order valence-corrected chi connectivity index (χ2v) is 5.63. The number of hydrazone groups is 1. The van der Waals surface area contributed by atoms with Crippen LogP contribution in [0.5, 0.6) is 0 Å². The highest BCUT2D eigenvalue weighted by Gasteiger charge is 2.59. The Bertz CT molecular complexity index is 332. The first-order valence-corrected chi connectivity index (χ1v) is 5.49. The molecule has 2 aliphatic carbocycles. The number of nitrogens with one attached hydrogen (secondary N) is 1. The molecular formula is C11H19N3O. The van der Waals surface area contributed by atoms with Crippen LogP contribution in [0.2, 0.25) is 0 Å². The zero-order valence-electron chi connectivity index (χ0n) is 9.63. The summed E-state index contributed by atoms with van der Waals surface area (Å²) in [5.74, 6) is 0.509. The largest absolute Gasteiger partial charge is 0.350 e. The Morgan fingerprint density at radius 2 is 2.20 bits per heavy atom. The van der Waals surface area contributed by atoms with Crippen LogP contribution in [0.3, 0.4) is 0 Å². The van der Waals surface area contributed by atoms with Crippen molar-refractivity contribution in [2.75, 3.05) is 0 Å². The zero-order valence-corrected chi connectivity index (χ0v) is 9.63. The number of primary amides is 1. The van der Waals surface area contributed by atoms with Crippen molar-refractivity contribution in [3.63, 3.8) is 0 Å². The molecule has 84 valence electrons. The SMILES string of the molecule is CC12CCC(/C(=N\NC(N)=O)C1)C2(C)C. The lowest BCUT2D eigenvalue weighted by Gasteiger charge is -2.33. The molecule has 0 spiro atoms. The number of fused-ring (bicyclic) bond motifs is 2. The van der Waals surface area contributed by atoms with Gasteiger partial charge in [0.15, 0.2) is 0 Å². The minimum Gasteiger partial charge on any atom is -0.350 e. The Morgan fingerprint density at radius 3 is 2.60 bits per heavy atom. The number of rotatable bonds is 1. The van der Waals surface area contributed by atoms with Crippen LogP contribution in [0.1, 0.15) is 40.0 Å². The van der Waals surface area contributed by atoms with Crippen molar-refractivity contribution in [3.05, 3.63) is 0 Å². The topological polar surface area (TPSA) is 67.5 Å². The number of nitrogens with two attached hydrogens (primary N) is 1. The molecule has 3 N–H and O–H groups in total. The van der Waals surface area contributed by atoms with Crippen molar-refractivity contribution < 1.29 is 4.79 Å². The summed E-state index contributed by atoms with van der Waals surface area (Å²) in [6.07, 6.45) is 3.44. The van der Waals surface area contributed by atoms with Gasteiger partial charge in [0, 0.05) is 11.6 Å². The van der Waals surface area contributed by atoms with Gasteiger partial charge in [-0.15, -0.1) is 0 Å². The summed E-state index contributed by atoms with van der Waals surface area (Å²) in [5.41, 5.74) is 9.12. The van der Waals surface area contributed by atoms with Gasteiger partial charge in [0.25, 0.3) is 0 Å². The Balaban J connectivity index is 2.22. The van der Waals surface area contributed by atoms with Gasteiger partial charge in [-0.1, -0.05) is 20.8 Å². The Hall–Kier alpha value is -1.06. The number of hydrogen-bond acceptors (Lipinski definition) is 2. The highest BCUT2D eigenvalue weighted by atomic mass is 16.2. The number of carbonyl (C=O) groups excluding carboxylic acids is 1. The molecule has 4 heteroatoms. The molecule has 4 nitrogen and oxygen atoms in total. The molecule has 0 aromatic rings. The molecule has 2 atom stereocenters.